The number of likely N-dealkylation sites (tertiary alicyclic amines) is 1. The molecule has 2 aromatic carbocycles. The van der Waals surface area contributed by atoms with Crippen LogP contribution in [0.3, 0.4) is 0 Å². The number of methoxy groups -OCH3 is 2. The van der Waals surface area contributed by atoms with Gasteiger partial charge in [0.05, 0.1) is 80.1 Å². The minimum Gasteiger partial charge on any atom is -0.453 e. The number of hydrogen-bond donors (Lipinski definition) is 5. The summed E-state index contributed by atoms with van der Waals surface area (Å²) in [5.41, 5.74) is -2.25. The van der Waals surface area contributed by atoms with Crippen LogP contribution in [-0.2, 0) is 36.8 Å². The van der Waals surface area contributed by atoms with Crippen molar-refractivity contribution in [2.24, 2.45) is 10.8 Å². The lowest BCUT2D eigenvalue weighted by atomic mass is 9.82. The molecule has 26 heteroatoms. The summed E-state index contributed by atoms with van der Waals surface area (Å²) in [5, 5.41) is 23.2. The first-order valence-electron chi connectivity index (χ1n) is 25.7. The van der Waals surface area contributed by atoms with Gasteiger partial charge in [0.25, 0.3) is 5.91 Å². The summed E-state index contributed by atoms with van der Waals surface area (Å²) in [7, 11) is 1.67. The molecule has 0 radical (unpaired) electrons. The summed E-state index contributed by atoms with van der Waals surface area (Å²) < 4.78 is 136. The van der Waals surface area contributed by atoms with Crippen LogP contribution < -0.4 is 26.3 Å². The molecule has 3 saturated heterocycles. The first-order valence-corrected chi connectivity index (χ1v) is 25.7. The molecular formula is C54H62F8N10O8. The van der Waals surface area contributed by atoms with Gasteiger partial charge in [-0.2, -0.15) is 31.4 Å². The number of anilines is 1. The molecule has 4 aliphatic rings. The van der Waals surface area contributed by atoms with Crippen LogP contribution in [0.4, 0.5) is 50.4 Å². The average molecular weight is 1130 g/mol. The second-order valence-corrected chi connectivity index (χ2v) is 21.6. The number of aliphatic hydroxyl groups excluding tert-OH is 1. The molecule has 1 saturated carbocycles. The van der Waals surface area contributed by atoms with Gasteiger partial charge >= 0.3 is 24.5 Å². The maximum absolute atomic E-state index is 16.2. The number of hydrogen-bond acceptors (Lipinski definition) is 13. The van der Waals surface area contributed by atoms with Gasteiger partial charge in [-0.3, -0.25) is 24.6 Å². The molecule has 432 valence electrons. The number of rotatable bonds is 19. The zero-order valence-electron chi connectivity index (χ0n) is 44.6. The van der Waals surface area contributed by atoms with Crippen molar-refractivity contribution in [3.63, 3.8) is 0 Å². The van der Waals surface area contributed by atoms with Crippen molar-refractivity contribution < 1.29 is 73.6 Å². The number of hydrazine groups is 1. The van der Waals surface area contributed by atoms with Crippen molar-refractivity contribution in [2.45, 2.75) is 121 Å². The lowest BCUT2D eigenvalue weighted by molar-refractivity contribution is -0.221. The fourth-order valence-corrected chi connectivity index (χ4v) is 9.85. The van der Waals surface area contributed by atoms with Crippen molar-refractivity contribution in [2.75, 3.05) is 52.0 Å². The molecule has 18 nitrogen and oxygen atoms in total. The summed E-state index contributed by atoms with van der Waals surface area (Å²) in [4.78, 5) is 62.5. The number of carbonyl (C=O) groups is 4. The number of ether oxygens (including phenoxy) is 3. The van der Waals surface area contributed by atoms with Crippen LogP contribution >= 0.6 is 0 Å². The highest BCUT2D eigenvalue weighted by Crippen LogP contribution is 2.43. The Bertz CT molecular complexity index is 2930. The van der Waals surface area contributed by atoms with Gasteiger partial charge < -0.3 is 40.2 Å². The highest BCUT2D eigenvalue weighted by atomic mass is 19.4. The van der Waals surface area contributed by atoms with Crippen LogP contribution in [0.15, 0.2) is 67.0 Å². The van der Waals surface area contributed by atoms with Crippen molar-refractivity contribution in [3.05, 3.63) is 101 Å². The van der Waals surface area contributed by atoms with Gasteiger partial charge in [0, 0.05) is 61.1 Å². The van der Waals surface area contributed by atoms with Gasteiger partial charge in [-0.15, -0.1) is 0 Å². The van der Waals surface area contributed by atoms with Crippen LogP contribution in [-0.4, -0.2) is 156 Å². The molecule has 4 fully saturated rings. The smallest absolute Gasteiger partial charge is 0.407 e. The molecule has 5 heterocycles. The standard InChI is InChI=1S/C54H62F8N10O8/c1-51(2,53(57,58)59)45(65-49(76)78-5)47(74)64-43(19-31-9-7-30(8-10-31)11-12-33-13-14-35(23-63-33)70-24-37-22-36(70)25-71(37)38-28-80-29-38)44(73)27-69(68-48(75)46(66-50(77)79-6)52(3,4)54(60,61)62)26-39-40(55)20-32(21-41(39)56)42-17-18-72(67-42)34-15-16-34/h7-10,13-14,17-18,20-21,23,34,36-38,43-46,73H,15-16,19,22,24-29H2,1-6H3,(H,64,74)(H,65,76)(H,66,77)(H,68,75)/t36-,37-,43+,44+,45-,46-/m1/s1. The van der Waals surface area contributed by atoms with E-state index < -0.39 is 108 Å². The number of nitrogens with one attached hydrogen (secondary N) is 4. The van der Waals surface area contributed by atoms with Crippen molar-refractivity contribution in [3.8, 4) is 23.1 Å². The maximum Gasteiger partial charge on any atom is 0.407 e. The summed E-state index contributed by atoms with van der Waals surface area (Å²) in [5.74, 6) is 0.477. The van der Waals surface area contributed by atoms with Crippen LogP contribution in [0.25, 0.3) is 11.3 Å². The van der Waals surface area contributed by atoms with Crippen molar-refractivity contribution in [1.29, 1.82) is 0 Å². The van der Waals surface area contributed by atoms with E-state index in [0.717, 1.165) is 77.6 Å². The molecule has 80 heavy (non-hydrogen) atoms. The summed E-state index contributed by atoms with van der Waals surface area (Å²) in [6, 6.07) is 8.17. The molecule has 4 aromatic rings. The second-order valence-electron chi connectivity index (χ2n) is 21.6. The summed E-state index contributed by atoms with van der Waals surface area (Å²) in [6.07, 6.45) is -9.51. The normalized spacial score (nSPS) is 19.3. The molecule has 5 N–H and O–H groups in total. The highest BCUT2D eigenvalue weighted by molar-refractivity contribution is 5.87. The third kappa shape index (κ3) is 13.2. The number of alkyl halides is 6. The number of piperazine rings is 1. The molecule has 4 amide bonds. The van der Waals surface area contributed by atoms with Crippen molar-refractivity contribution >= 4 is 29.7 Å². The van der Waals surface area contributed by atoms with Crippen LogP contribution in [0.1, 0.15) is 75.4 Å². The predicted molar refractivity (Wildman–Crippen MR) is 272 cm³/mol. The van der Waals surface area contributed by atoms with Crippen LogP contribution in [0.5, 0.6) is 0 Å². The molecule has 2 aromatic heterocycles. The Kier molecular flexibility index (Phi) is 17.4. The van der Waals surface area contributed by atoms with E-state index in [2.05, 4.69) is 51.9 Å². The number of aromatic nitrogens is 3. The quantitative estimate of drug-likeness (QED) is 0.0406. The van der Waals surface area contributed by atoms with Gasteiger partial charge in [0.1, 0.15) is 29.4 Å². The van der Waals surface area contributed by atoms with E-state index in [4.69, 9.17) is 4.74 Å². The van der Waals surface area contributed by atoms with Gasteiger partial charge in [0.15, 0.2) is 0 Å². The third-order valence-electron chi connectivity index (χ3n) is 15.3. The Morgan fingerprint density at radius 3 is 1.91 bits per heavy atom. The molecule has 1 aliphatic carbocycles. The lowest BCUT2D eigenvalue weighted by Gasteiger charge is -2.42. The monoisotopic (exact) mass is 1130 g/mol. The third-order valence-corrected chi connectivity index (χ3v) is 15.3. The zero-order valence-corrected chi connectivity index (χ0v) is 44.6. The first kappa shape index (κ1) is 59.1. The number of alkyl carbamates (subject to hydrolysis) is 2. The molecule has 0 unspecified atom stereocenters. The number of halogens is 8. The number of fused-ring (bicyclic) bond motifs is 2. The molecule has 2 bridgehead atoms. The lowest BCUT2D eigenvalue weighted by Crippen LogP contribution is -2.63. The Labute approximate surface area is 455 Å². The van der Waals surface area contributed by atoms with Gasteiger partial charge in [-0.1, -0.05) is 18.1 Å². The minimum atomic E-state index is -5.18. The number of pyridine rings is 1. The summed E-state index contributed by atoms with van der Waals surface area (Å²) >= 11 is 0. The number of amides is 4. The van der Waals surface area contributed by atoms with E-state index in [1.165, 1.54) is 18.2 Å². The predicted octanol–water partition coefficient (Wildman–Crippen LogP) is 6.17. The molecule has 8 rings (SSSR count). The van der Waals surface area contributed by atoms with E-state index in [-0.39, 0.29) is 17.3 Å². The zero-order chi connectivity index (χ0) is 58.1. The SMILES string of the molecule is COC(=O)N[C@H](C(=O)N[C@@H](Cc1ccc(C#Cc2ccc(N3C[C@H]4C[C@@H]3CN4C3COC3)cn2)cc1)[C@@H](O)CN(Cc1c(F)cc(-c2ccn(C3CC3)n2)cc1F)NC(=O)[C@@H](NC(=O)OC)C(C)(C)C(F)(F)F)C(C)(C)C(F)(F)F. The van der Waals surface area contributed by atoms with Gasteiger partial charge in [-0.25, -0.2) is 28.4 Å². The maximum atomic E-state index is 16.2. The van der Waals surface area contributed by atoms with E-state index in [0.29, 0.717) is 67.7 Å². The van der Waals surface area contributed by atoms with E-state index in [1.807, 2.05) is 16.7 Å². The fourth-order valence-electron chi connectivity index (χ4n) is 9.85. The van der Waals surface area contributed by atoms with Gasteiger partial charge in [0.2, 0.25) is 5.91 Å². The topological polar surface area (TPSA) is 205 Å². The molecule has 6 atom stereocenters. The number of nitrogens with zero attached hydrogens (tertiary/aromatic N) is 6. The van der Waals surface area contributed by atoms with Crippen LogP contribution in [0.2, 0.25) is 0 Å². The first-order chi connectivity index (χ1) is 37.7. The van der Waals surface area contributed by atoms with E-state index in [1.54, 1.807) is 35.3 Å². The molecular weight excluding hydrogens is 1070 g/mol. The Balaban J connectivity index is 1.07. The fraction of sp³-hybridized carbons (Fsp3) is 0.519. The number of aliphatic hydroxyl groups is 1. The highest BCUT2D eigenvalue weighted by Gasteiger charge is 2.57. The Morgan fingerprint density at radius 1 is 0.787 bits per heavy atom. The Hall–Kier alpha value is -7.08. The number of benzene rings is 2. The van der Waals surface area contributed by atoms with Crippen molar-refractivity contribution in [1.82, 2.24) is 46.0 Å². The van der Waals surface area contributed by atoms with E-state index in [9.17, 15) is 50.6 Å². The Morgan fingerprint density at radius 2 is 1.40 bits per heavy atom. The minimum absolute atomic E-state index is 0.00627. The molecule has 0 spiro atoms. The second kappa shape index (κ2) is 23.6. The molecule has 3 aliphatic heterocycles. The van der Waals surface area contributed by atoms with Gasteiger partial charge in [-0.05, 0) is 107 Å². The largest absolute Gasteiger partial charge is 0.453 e. The van der Waals surface area contributed by atoms with E-state index >= 15 is 8.78 Å². The number of carbonyl (C=O) groups excluding carboxylic acids is 4. The van der Waals surface area contributed by atoms with Crippen LogP contribution in [0, 0.1) is 34.3 Å². The summed E-state index contributed by atoms with van der Waals surface area (Å²) in [6.45, 7) is 3.75. The average Bonchev–Trinajstić information content (AvgIpc) is 3.92.